The van der Waals surface area contributed by atoms with E-state index in [4.69, 9.17) is 0 Å². The number of benzene rings is 1. The van der Waals surface area contributed by atoms with Crippen molar-refractivity contribution in [2.45, 2.75) is 18.2 Å². The van der Waals surface area contributed by atoms with Gasteiger partial charge in [0.25, 0.3) is 0 Å². The lowest BCUT2D eigenvalue weighted by Crippen LogP contribution is -2.29. The first kappa shape index (κ1) is 13.0. The monoisotopic (exact) mass is 268 g/mol. The number of amides is 1. The summed E-state index contributed by atoms with van der Waals surface area (Å²) in [6, 6.07) is 5.14. The van der Waals surface area contributed by atoms with Crippen molar-refractivity contribution in [3.8, 4) is 0 Å². The molecule has 1 aliphatic rings. The molecule has 0 spiro atoms. The Hall–Kier alpha value is -1.40. The molecule has 1 aromatic rings. The van der Waals surface area contributed by atoms with Crippen LogP contribution in [0.5, 0.6) is 0 Å². The van der Waals surface area contributed by atoms with E-state index < -0.39 is 10.0 Å². The third-order valence-corrected chi connectivity index (χ3v) is 4.94. The van der Waals surface area contributed by atoms with Crippen LogP contribution in [-0.2, 0) is 21.2 Å². The van der Waals surface area contributed by atoms with Gasteiger partial charge in [0, 0.05) is 27.6 Å². The summed E-state index contributed by atoms with van der Waals surface area (Å²) >= 11 is 0. The van der Waals surface area contributed by atoms with Crippen molar-refractivity contribution >= 4 is 21.6 Å². The Balaban J connectivity index is 2.66. The first-order valence-corrected chi connectivity index (χ1v) is 7.12. The van der Waals surface area contributed by atoms with E-state index in [1.54, 1.807) is 12.1 Å². The zero-order valence-electron chi connectivity index (χ0n) is 10.7. The number of hydrogen-bond acceptors (Lipinski definition) is 3. The van der Waals surface area contributed by atoms with E-state index in [0.717, 1.165) is 5.56 Å². The molecule has 18 heavy (non-hydrogen) atoms. The van der Waals surface area contributed by atoms with Crippen molar-refractivity contribution in [3.63, 3.8) is 0 Å². The lowest BCUT2D eigenvalue weighted by Gasteiger charge is -2.20. The molecule has 0 aromatic heterocycles. The van der Waals surface area contributed by atoms with Gasteiger partial charge in [0.1, 0.15) is 4.90 Å². The molecule has 98 valence electrons. The quantitative estimate of drug-likeness (QED) is 0.799. The molecule has 1 aromatic carbocycles. The van der Waals surface area contributed by atoms with Gasteiger partial charge in [-0.3, -0.25) is 4.79 Å². The molecule has 0 radical (unpaired) electrons. The number of hydrogen-bond donors (Lipinski definition) is 0. The normalized spacial score (nSPS) is 15.0. The van der Waals surface area contributed by atoms with Crippen LogP contribution >= 0.6 is 0 Å². The van der Waals surface area contributed by atoms with Gasteiger partial charge in [-0.1, -0.05) is 12.1 Å². The van der Waals surface area contributed by atoms with Crippen LogP contribution in [0.3, 0.4) is 0 Å². The van der Waals surface area contributed by atoms with E-state index in [1.165, 1.54) is 30.2 Å². The van der Waals surface area contributed by atoms with Gasteiger partial charge in [0.2, 0.25) is 15.9 Å². The minimum absolute atomic E-state index is 0.129. The van der Waals surface area contributed by atoms with Gasteiger partial charge < -0.3 is 4.90 Å². The minimum Gasteiger partial charge on any atom is -0.311 e. The van der Waals surface area contributed by atoms with Crippen LogP contribution < -0.4 is 4.90 Å². The smallest absolute Gasteiger partial charge is 0.244 e. The van der Waals surface area contributed by atoms with Gasteiger partial charge in [0.05, 0.1) is 5.69 Å². The molecular weight excluding hydrogens is 252 g/mol. The maximum atomic E-state index is 12.2. The van der Waals surface area contributed by atoms with Gasteiger partial charge in [-0.2, -0.15) is 0 Å². The Bertz CT molecular complexity index is 593. The second-order valence-electron chi connectivity index (χ2n) is 4.47. The predicted molar refractivity (Wildman–Crippen MR) is 69.0 cm³/mol. The van der Waals surface area contributed by atoms with Crippen molar-refractivity contribution in [1.82, 2.24) is 4.31 Å². The molecule has 0 atom stereocenters. The number of rotatable bonds is 2. The van der Waals surface area contributed by atoms with E-state index in [9.17, 15) is 13.2 Å². The molecule has 1 heterocycles. The summed E-state index contributed by atoms with van der Waals surface area (Å²) in [5.41, 5.74) is 1.45. The third-order valence-electron chi connectivity index (χ3n) is 3.10. The van der Waals surface area contributed by atoms with E-state index >= 15 is 0 Å². The summed E-state index contributed by atoms with van der Waals surface area (Å²) in [4.78, 5) is 13.3. The highest BCUT2D eigenvalue weighted by atomic mass is 32.2. The van der Waals surface area contributed by atoms with Crippen LogP contribution in [0.25, 0.3) is 0 Å². The van der Waals surface area contributed by atoms with E-state index in [1.807, 2.05) is 6.07 Å². The topological polar surface area (TPSA) is 57.7 Å². The van der Waals surface area contributed by atoms with Crippen LogP contribution in [0.4, 0.5) is 5.69 Å². The average molecular weight is 268 g/mol. The second kappa shape index (κ2) is 4.37. The number of carbonyl (C=O) groups excluding carboxylic acids is 1. The lowest BCUT2D eigenvalue weighted by molar-refractivity contribution is -0.116. The fourth-order valence-electron chi connectivity index (χ4n) is 2.14. The highest BCUT2D eigenvalue weighted by molar-refractivity contribution is 7.89. The molecule has 5 nitrogen and oxygen atoms in total. The summed E-state index contributed by atoms with van der Waals surface area (Å²) in [5.74, 6) is -0.129. The highest BCUT2D eigenvalue weighted by Gasteiger charge is 2.31. The van der Waals surface area contributed by atoms with Crippen LogP contribution in [0, 0.1) is 0 Å². The fraction of sp³-hybridized carbons (Fsp3) is 0.417. The summed E-state index contributed by atoms with van der Waals surface area (Å²) in [7, 11) is -0.553. The van der Waals surface area contributed by atoms with Crippen molar-refractivity contribution < 1.29 is 13.2 Å². The van der Waals surface area contributed by atoms with Crippen LogP contribution in [-0.4, -0.2) is 39.3 Å². The van der Waals surface area contributed by atoms with Crippen molar-refractivity contribution in [2.75, 3.05) is 25.5 Å². The zero-order valence-corrected chi connectivity index (χ0v) is 11.5. The molecule has 0 unspecified atom stereocenters. The van der Waals surface area contributed by atoms with Crippen molar-refractivity contribution in [3.05, 3.63) is 23.8 Å². The van der Waals surface area contributed by atoms with Crippen LogP contribution in [0.1, 0.15) is 12.5 Å². The number of carbonyl (C=O) groups is 1. The minimum atomic E-state index is -3.53. The third kappa shape index (κ3) is 1.91. The van der Waals surface area contributed by atoms with Gasteiger partial charge in [-0.15, -0.1) is 0 Å². The Morgan fingerprint density at radius 3 is 2.56 bits per heavy atom. The molecule has 0 fully saturated rings. The van der Waals surface area contributed by atoms with Gasteiger partial charge >= 0.3 is 0 Å². The zero-order chi connectivity index (χ0) is 13.5. The van der Waals surface area contributed by atoms with Crippen molar-refractivity contribution in [2.24, 2.45) is 0 Å². The highest BCUT2D eigenvalue weighted by Crippen LogP contribution is 2.35. The molecule has 1 amide bonds. The van der Waals surface area contributed by atoms with Gasteiger partial charge in [0.15, 0.2) is 0 Å². The summed E-state index contributed by atoms with van der Waals surface area (Å²) in [6.45, 7) is 2.00. The molecule has 0 aliphatic carbocycles. The Labute approximate surface area is 107 Å². The summed E-state index contributed by atoms with van der Waals surface area (Å²) in [5, 5.41) is 0. The molecular formula is C12H16N2O3S. The fourth-order valence-corrected chi connectivity index (χ4v) is 3.27. The first-order chi connectivity index (χ1) is 8.35. The van der Waals surface area contributed by atoms with E-state index in [2.05, 4.69) is 0 Å². The maximum Gasteiger partial charge on any atom is 0.244 e. The second-order valence-corrected chi connectivity index (χ2v) is 6.59. The van der Waals surface area contributed by atoms with Gasteiger partial charge in [-0.25, -0.2) is 12.7 Å². The number of sulfonamides is 1. The molecule has 1 aliphatic heterocycles. The molecule has 0 N–H and O–H groups in total. The maximum absolute atomic E-state index is 12.2. The van der Waals surface area contributed by atoms with Crippen LogP contribution in [0.2, 0.25) is 0 Å². The molecule has 0 saturated carbocycles. The standard InChI is InChI=1S/C12H16N2O3S/c1-9(15)14-8-7-10-5-4-6-11(12(10)14)18(16,17)13(2)3/h4-6H,7-8H2,1-3H3. The average Bonchev–Trinajstić information content (AvgIpc) is 2.71. The van der Waals surface area contributed by atoms with Gasteiger partial charge in [-0.05, 0) is 18.1 Å². The summed E-state index contributed by atoms with van der Waals surface area (Å²) in [6.07, 6.45) is 0.700. The number of anilines is 1. The SMILES string of the molecule is CC(=O)N1CCc2cccc(S(=O)(=O)N(C)C)c21. The largest absolute Gasteiger partial charge is 0.311 e. The molecule has 6 heteroatoms. The lowest BCUT2D eigenvalue weighted by atomic mass is 10.2. The van der Waals surface area contributed by atoms with Crippen LogP contribution in [0.15, 0.2) is 23.1 Å². The van der Waals surface area contributed by atoms with Crippen molar-refractivity contribution in [1.29, 1.82) is 0 Å². The number of fused-ring (bicyclic) bond motifs is 1. The predicted octanol–water partition coefficient (Wildman–Crippen LogP) is 0.846. The number of para-hydroxylation sites is 1. The number of nitrogens with zero attached hydrogens (tertiary/aromatic N) is 2. The summed E-state index contributed by atoms with van der Waals surface area (Å²) < 4.78 is 25.7. The van der Waals surface area contributed by atoms with E-state index in [0.29, 0.717) is 18.7 Å². The Kier molecular flexibility index (Phi) is 3.16. The first-order valence-electron chi connectivity index (χ1n) is 5.68. The Morgan fingerprint density at radius 1 is 1.33 bits per heavy atom. The molecule has 2 rings (SSSR count). The van der Waals surface area contributed by atoms with E-state index in [-0.39, 0.29) is 10.8 Å². The molecule has 0 bridgehead atoms. The Morgan fingerprint density at radius 2 is 2.00 bits per heavy atom. The molecule has 0 saturated heterocycles.